The summed E-state index contributed by atoms with van der Waals surface area (Å²) in [6, 6.07) is 7.03. The summed E-state index contributed by atoms with van der Waals surface area (Å²) >= 11 is 0. The highest BCUT2D eigenvalue weighted by Crippen LogP contribution is 2.14. The van der Waals surface area contributed by atoms with Gasteiger partial charge in [0.05, 0.1) is 13.0 Å². The number of nitrogens with one attached hydrogen (secondary N) is 1. The Morgan fingerprint density at radius 1 is 1.25 bits per heavy atom. The molecule has 0 fully saturated rings. The quantitative estimate of drug-likeness (QED) is 0.860. The van der Waals surface area contributed by atoms with Crippen molar-refractivity contribution in [1.82, 2.24) is 0 Å². The predicted octanol–water partition coefficient (Wildman–Crippen LogP) is 3.14. The molecule has 0 unspecified atom stereocenters. The van der Waals surface area contributed by atoms with Gasteiger partial charge >= 0.3 is 12.1 Å². The van der Waals surface area contributed by atoms with Crippen LogP contribution in [0.15, 0.2) is 24.3 Å². The van der Waals surface area contributed by atoms with E-state index in [0.29, 0.717) is 12.3 Å². The van der Waals surface area contributed by atoms with Crippen LogP contribution in [0.3, 0.4) is 0 Å². The normalized spacial score (nSPS) is 10.8. The van der Waals surface area contributed by atoms with Crippen LogP contribution >= 0.6 is 0 Å². The lowest BCUT2D eigenvalue weighted by Crippen LogP contribution is -2.27. The van der Waals surface area contributed by atoms with E-state index < -0.39 is 11.7 Å². The van der Waals surface area contributed by atoms with Crippen molar-refractivity contribution in [1.29, 1.82) is 0 Å². The van der Waals surface area contributed by atoms with Gasteiger partial charge in [0.2, 0.25) is 0 Å². The van der Waals surface area contributed by atoms with Crippen LogP contribution in [0.2, 0.25) is 0 Å². The molecule has 0 saturated heterocycles. The molecule has 0 aliphatic rings. The number of ether oxygens (including phenoxy) is 2. The summed E-state index contributed by atoms with van der Waals surface area (Å²) in [5.41, 5.74) is 0.810. The Labute approximate surface area is 119 Å². The van der Waals surface area contributed by atoms with Crippen LogP contribution in [0, 0.1) is 0 Å². The van der Waals surface area contributed by atoms with Crippen molar-refractivity contribution in [3.63, 3.8) is 0 Å². The Morgan fingerprint density at radius 3 is 2.55 bits per heavy atom. The molecule has 1 aromatic carbocycles. The van der Waals surface area contributed by atoms with Crippen LogP contribution in [-0.4, -0.2) is 24.3 Å². The first-order valence-electron chi connectivity index (χ1n) is 6.54. The second-order valence-electron chi connectivity index (χ2n) is 5.31. The molecule has 110 valence electrons. The van der Waals surface area contributed by atoms with E-state index in [4.69, 9.17) is 9.47 Å². The third-order valence-corrected chi connectivity index (χ3v) is 2.23. The fraction of sp³-hybridized carbons (Fsp3) is 0.467. The predicted molar refractivity (Wildman–Crippen MR) is 76.6 cm³/mol. The van der Waals surface area contributed by atoms with E-state index in [1.54, 1.807) is 52.0 Å². The van der Waals surface area contributed by atoms with Crippen molar-refractivity contribution in [3.05, 3.63) is 29.8 Å². The number of benzene rings is 1. The molecule has 0 heterocycles. The van der Waals surface area contributed by atoms with Crippen LogP contribution in [0.25, 0.3) is 0 Å². The van der Waals surface area contributed by atoms with Gasteiger partial charge in [-0.15, -0.1) is 0 Å². The maximum absolute atomic E-state index is 11.6. The molecule has 5 heteroatoms. The summed E-state index contributed by atoms with van der Waals surface area (Å²) in [4.78, 5) is 23.0. The molecule has 1 aromatic rings. The molecule has 20 heavy (non-hydrogen) atoms. The molecule has 1 N–H and O–H groups in total. The van der Waals surface area contributed by atoms with E-state index >= 15 is 0 Å². The van der Waals surface area contributed by atoms with E-state index in [2.05, 4.69) is 5.32 Å². The molecule has 0 spiro atoms. The van der Waals surface area contributed by atoms with Gasteiger partial charge in [-0.1, -0.05) is 12.1 Å². The van der Waals surface area contributed by atoms with Crippen LogP contribution in [-0.2, 0) is 20.7 Å². The first-order valence-corrected chi connectivity index (χ1v) is 6.54. The highest BCUT2D eigenvalue weighted by atomic mass is 16.6. The molecule has 0 aromatic heterocycles. The first-order chi connectivity index (χ1) is 9.30. The molecule has 0 atom stereocenters. The van der Waals surface area contributed by atoms with E-state index in [-0.39, 0.29) is 12.4 Å². The maximum Gasteiger partial charge on any atom is 0.412 e. The number of esters is 1. The highest BCUT2D eigenvalue weighted by molar-refractivity contribution is 5.85. The summed E-state index contributed by atoms with van der Waals surface area (Å²) < 4.78 is 10.0. The number of rotatable bonds is 4. The number of carbonyl (C=O) groups is 2. The minimum atomic E-state index is -0.549. The molecular formula is C15H21NO4. The smallest absolute Gasteiger partial charge is 0.412 e. The van der Waals surface area contributed by atoms with Gasteiger partial charge in [-0.05, 0) is 45.4 Å². The second-order valence-corrected chi connectivity index (χ2v) is 5.31. The van der Waals surface area contributed by atoms with E-state index in [1.165, 1.54) is 0 Å². The fourth-order valence-electron chi connectivity index (χ4n) is 1.56. The Morgan fingerprint density at radius 2 is 1.95 bits per heavy atom. The van der Waals surface area contributed by atoms with Gasteiger partial charge in [0.15, 0.2) is 0 Å². The zero-order chi connectivity index (χ0) is 15.2. The molecule has 1 rings (SSSR count). The van der Waals surface area contributed by atoms with E-state index in [1.807, 2.05) is 0 Å². The number of carbonyl (C=O) groups excluding carboxylic acids is 2. The van der Waals surface area contributed by atoms with E-state index in [9.17, 15) is 9.59 Å². The van der Waals surface area contributed by atoms with Gasteiger partial charge in [-0.2, -0.15) is 0 Å². The molecule has 0 saturated carbocycles. The average molecular weight is 279 g/mol. The molecular weight excluding hydrogens is 258 g/mol. The highest BCUT2D eigenvalue weighted by Gasteiger charge is 2.16. The molecule has 5 nitrogen and oxygen atoms in total. The SMILES string of the molecule is CCOC(=O)Cc1cccc(NC(=O)OC(C)(C)C)c1. The molecule has 0 aliphatic heterocycles. The van der Waals surface area contributed by atoms with Crippen molar-refractivity contribution in [2.24, 2.45) is 0 Å². The summed E-state index contributed by atoms with van der Waals surface area (Å²) in [5, 5.41) is 2.63. The van der Waals surface area contributed by atoms with Crippen LogP contribution in [0.5, 0.6) is 0 Å². The van der Waals surface area contributed by atoms with Crippen molar-refractivity contribution in [3.8, 4) is 0 Å². The number of anilines is 1. The monoisotopic (exact) mass is 279 g/mol. The molecule has 1 amide bonds. The molecule has 0 aliphatic carbocycles. The van der Waals surface area contributed by atoms with Crippen LogP contribution < -0.4 is 5.32 Å². The second kappa shape index (κ2) is 6.93. The average Bonchev–Trinajstić information content (AvgIpc) is 2.26. The molecule has 0 radical (unpaired) electrons. The van der Waals surface area contributed by atoms with Gasteiger partial charge in [0, 0.05) is 5.69 Å². The number of amides is 1. The largest absolute Gasteiger partial charge is 0.466 e. The Kier molecular flexibility index (Phi) is 5.55. The Balaban J connectivity index is 2.64. The van der Waals surface area contributed by atoms with E-state index in [0.717, 1.165) is 5.56 Å². The zero-order valence-electron chi connectivity index (χ0n) is 12.4. The summed E-state index contributed by atoms with van der Waals surface area (Å²) in [6.45, 7) is 7.50. The lowest BCUT2D eigenvalue weighted by atomic mass is 10.1. The maximum atomic E-state index is 11.6. The number of hydrogen-bond donors (Lipinski definition) is 1. The van der Waals surface area contributed by atoms with Crippen molar-refractivity contribution in [2.45, 2.75) is 39.7 Å². The lowest BCUT2D eigenvalue weighted by Gasteiger charge is -2.19. The summed E-state index contributed by atoms with van der Waals surface area (Å²) in [6.07, 6.45) is -0.344. The standard InChI is InChI=1S/C15H21NO4/c1-5-19-13(17)10-11-7-6-8-12(9-11)16-14(18)20-15(2,3)4/h6-9H,5,10H2,1-4H3,(H,16,18). The first kappa shape index (κ1) is 16.0. The van der Waals surface area contributed by atoms with Gasteiger partial charge in [-0.3, -0.25) is 10.1 Å². The van der Waals surface area contributed by atoms with Crippen molar-refractivity contribution < 1.29 is 19.1 Å². The van der Waals surface area contributed by atoms with Gasteiger partial charge in [0.25, 0.3) is 0 Å². The summed E-state index contributed by atoms with van der Waals surface area (Å²) in [5.74, 6) is -0.290. The molecule has 0 bridgehead atoms. The minimum Gasteiger partial charge on any atom is -0.466 e. The van der Waals surface area contributed by atoms with Gasteiger partial charge < -0.3 is 9.47 Å². The lowest BCUT2D eigenvalue weighted by molar-refractivity contribution is -0.142. The Bertz CT molecular complexity index is 477. The minimum absolute atomic E-state index is 0.178. The van der Waals surface area contributed by atoms with Crippen molar-refractivity contribution >= 4 is 17.7 Å². The van der Waals surface area contributed by atoms with Crippen LogP contribution in [0.1, 0.15) is 33.3 Å². The zero-order valence-corrected chi connectivity index (χ0v) is 12.4. The third kappa shape index (κ3) is 6.22. The number of hydrogen-bond acceptors (Lipinski definition) is 4. The van der Waals surface area contributed by atoms with Gasteiger partial charge in [-0.25, -0.2) is 4.79 Å². The Hall–Kier alpha value is -2.04. The fourth-order valence-corrected chi connectivity index (χ4v) is 1.56. The van der Waals surface area contributed by atoms with Crippen molar-refractivity contribution in [2.75, 3.05) is 11.9 Å². The topological polar surface area (TPSA) is 64.6 Å². The van der Waals surface area contributed by atoms with Crippen LogP contribution in [0.4, 0.5) is 10.5 Å². The van der Waals surface area contributed by atoms with Gasteiger partial charge in [0.1, 0.15) is 5.60 Å². The third-order valence-electron chi connectivity index (χ3n) is 2.23. The summed E-state index contributed by atoms with van der Waals surface area (Å²) in [7, 11) is 0.